The van der Waals surface area contributed by atoms with Gasteiger partial charge >= 0.3 is 0 Å². The fourth-order valence-electron chi connectivity index (χ4n) is 1.40. The van der Waals surface area contributed by atoms with Crippen molar-refractivity contribution in [1.29, 1.82) is 0 Å². The summed E-state index contributed by atoms with van der Waals surface area (Å²) in [4.78, 5) is 4.21. The Labute approximate surface area is 81.1 Å². The summed E-state index contributed by atoms with van der Waals surface area (Å²) in [6, 6.07) is 4.49. The van der Waals surface area contributed by atoms with Gasteiger partial charge in [0.1, 0.15) is 11.6 Å². The second-order valence-corrected chi connectivity index (χ2v) is 3.64. The molecule has 72 valence electrons. The molecular weight excluding hydrogens is 178 g/mol. The quantitative estimate of drug-likeness (QED) is 0.766. The lowest BCUT2D eigenvalue weighted by molar-refractivity contribution is 0.787. The molecule has 0 saturated heterocycles. The maximum Gasteiger partial charge on any atom is 0.176 e. The summed E-state index contributed by atoms with van der Waals surface area (Å²) in [6.07, 6.45) is 2.49. The highest BCUT2D eigenvalue weighted by Crippen LogP contribution is 2.23. The van der Waals surface area contributed by atoms with Crippen LogP contribution in [0.1, 0.15) is 18.7 Å². The van der Waals surface area contributed by atoms with Crippen LogP contribution in [-0.4, -0.2) is 25.9 Å². The van der Waals surface area contributed by atoms with Gasteiger partial charge in [0.05, 0.1) is 0 Å². The molecule has 0 atom stereocenters. The van der Waals surface area contributed by atoms with E-state index in [1.807, 2.05) is 19.1 Å². The lowest BCUT2D eigenvalue weighted by Gasteiger charge is -2.01. The molecule has 0 radical (unpaired) electrons. The van der Waals surface area contributed by atoms with E-state index in [0.29, 0.717) is 6.04 Å². The number of anilines is 1. The lowest BCUT2D eigenvalue weighted by atomic mass is 10.5. The first kappa shape index (κ1) is 7.73. The van der Waals surface area contributed by atoms with Gasteiger partial charge in [-0.25, -0.2) is 4.98 Å². The van der Waals surface area contributed by atoms with Crippen molar-refractivity contribution in [1.82, 2.24) is 19.8 Å². The summed E-state index contributed by atoms with van der Waals surface area (Å²) in [5, 5.41) is 11.8. The van der Waals surface area contributed by atoms with Crippen LogP contribution >= 0.6 is 0 Å². The first-order valence-corrected chi connectivity index (χ1v) is 4.78. The van der Waals surface area contributed by atoms with Gasteiger partial charge in [-0.3, -0.25) is 0 Å². The average molecular weight is 189 g/mol. The lowest BCUT2D eigenvalue weighted by Crippen LogP contribution is -2.05. The molecule has 1 aliphatic carbocycles. The van der Waals surface area contributed by atoms with E-state index < -0.39 is 0 Å². The van der Waals surface area contributed by atoms with Crippen LogP contribution in [0.15, 0.2) is 12.1 Å². The largest absolute Gasteiger partial charge is 0.366 e. The number of fused-ring (bicyclic) bond motifs is 1. The summed E-state index contributed by atoms with van der Waals surface area (Å²) in [6.45, 7) is 1.86. The van der Waals surface area contributed by atoms with Gasteiger partial charge in [0.25, 0.3) is 0 Å². The van der Waals surface area contributed by atoms with E-state index in [4.69, 9.17) is 0 Å². The third-order valence-electron chi connectivity index (χ3n) is 2.24. The number of nitrogens with one attached hydrogen (secondary N) is 1. The fourth-order valence-corrected chi connectivity index (χ4v) is 1.40. The maximum absolute atomic E-state index is 4.31. The van der Waals surface area contributed by atoms with Crippen molar-refractivity contribution in [2.24, 2.45) is 0 Å². The molecule has 1 saturated carbocycles. The molecule has 5 heteroatoms. The predicted molar refractivity (Wildman–Crippen MR) is 52.2 cm³/mol. The molecule has 1 aliphatic rings. The van der Waals surface area contributed by atoms with Crippen LogP contribution in [0.4, 0.5) is 5.82 Å². The molecule has 0 unspecified atom stereocenters. The number of hydrogen-bond acceptors (Lipinski definition) is 4. The Morgan fingerprint density at radius 1 is 1.36 bits per heavy atom. The minimum absolute atomic E-state index is 0.615. The van der Waals surface area contributed by atoms with Crippen LogP contribution in [0.3, 0.4) is 0 Å². The first-order valence-electron chi connectivity index (χ1n) is 4.78. The Hall–Kier alpha value is -1.65. The highest BCUT2D eigenvalue weighted by molar-refractivity contribution is 5.44. The number of aromatic nitrogens is 4. The first-order chi connectivity index (χ1) is 6.81. The molecule has 0 aromatic carbocycles. The van der Waals surface area contributed by atoms with E-state index in [2.05, 4.69) is 20.5 Å². The minimum Gasteiger partial charge on any atom is -0.366 e. The molecule has 0 aliphatic heterocycles. The predicted octanol–water partition coefficient (Wildman–Crippen LogP) is 1.01. The smallest absolute Gasteiger partial charge is 0.176 e. The van der Waals surface area contributed by atoms with Crippen LogP contribution in [0.2, 0.25) is 0 Å². The van der Waals surface area contributed by atoms with Crippen LogP contribution in [0, 0.1) is 6.92 Å². The third kappa shape index (κ3) is 1.30. The van der Waals surface area contributed by atoms with Gasteiger partial charge in [0.2, 0.25) is 0 Å². The van der Waals surface area contributed by atoms with Gasteiger partial charge in [0.15, 0.2) is 5.65 Å². The van der Waals surface area contributed by atoms with Crippen LogP contribution in [0.25, 0.3) is 5.65 Å². The van der Waals surface area contributed by atoms with E-state index in [-0.39, 0.29) is 0 Å². The molecule has 2 aromatic rings. The van der Waals surface area contributed by atoms with Gasteiger partial charge in [-0.05, 0) is 31.9 Å². The molecule has 2 heterocycles. The Bertz CT molecular complexity index is 471. The molecule has 1 fully saturated rings. The number of aryl methyl sites for hydroxylation is 1. The molecule has 2 aromatic heterocycles. The molecule has 14 heavy (non-hydrogen) atoms. The zero-order chi connectivity index (χ0) is 9.54. The zero-order valence-corrected chi connectivity index (χ0v) is 7.94. The van der Waals surface area contributed by atoms with Gasteiger partial charge in [0, 0.05) is 6.04 Å². The summed E-state index contributed by atoms with van der Waals surface area (Å²) in [7, 11) is 0. The standard InChI is InChI=1S/C9H11N5/c1-6-10-9-5-4-8(11-7-2-3-7)13-14(9)12-6/h4-5,7H,2-3H2,1H3,(H,11,13). The van der Waals surface area contributed by atoms with Gasteiger partial charge in [-0.15, -0.1) is 14.8 Å². The van der Waals surface area contributed by atoms with Crippen molar-refractivity contribution in [3.8, 4) is 0 Å². The highest BCUT2D eigenvalue weighted by Gasteiger charge is 2.21. The summed E-state index contributed by atoms with van der Waals surface area (Å²) in [5.74, 6) is 1.63. The molecule has 5 nitrogen and oxygen atoms in total. The number of hydrogen-bond donors (Lipinski definition) is 1. The summed E-state index contributed by atoms with van der Waals surface area (Å²) in [5.41, 5.74) is 0.795. The van der Waals surface area contributed by atoms with Crippen molar-refractivity contribution in [2.45, 2.75) is 25.8 Å². The van der Waals surface area contributed by atoms with E-state index in [9.17, 15) is 0 Å². The van der Waals surface area contributed by atoms with E-state index in [0.717, 1.165) is 17.3 Å². The molecule has 3 rings (SSSR count). The molecule has 0 bridgehead atoms. The molecule has 1 N–H and O–H groups in total. The normalized spacial score (nSPS) is 16.1. The molecule has 0 spiro atoms. The monoisotopic (exact) mass is 189 g/mol. The molecule has 0 amide bonds. The van der Waals surface area contributed by atoms with Crippen LogP contribution < -0.4 is 5.32 Å². The van der Waals surface area contributed by atoms with Crippen molar-refractivity contribution in [2.75, 3.05) is 5.32 Å². The van der Waals surface area contributed by atoms with Crippen molar-refractivity contribution in [3.63, 3.8) is 0 Å². The topological polar surface area (TPSA) is 55.1 Å². The zero-order valence-electron chi connectivity index (χ0n) is 7.94. The van der Waals surface area contributed by atoms with Gasteiger partial charge in [-0.1, -0.05) is 0 Å². The number of nitrogens with zero attached hydrogens (tertiary/aromatic N) is 4. The fraction of sp³-hybridized carbons (Fsp3) is 0.444. The van der Waals surface area contributed by atoms with Crippen LogP contribution in [0.5, 0.6) is 0 Å². The second-order valence-electron chi connectivity index (χ2n) is 3.64. The minimum atomic E-state index is 0.615. The third-order valence-corrected chi connectivity index (χ3v) is 2.24. The van der Waals surface area contributed by atoms with Crippen LogP contribution in [-0.2, 0) is 0 Å². The SMILES string of the molecule is Cc1nc2ccc(NC3CC3)nn2n1. The molecular formula is C9H11N5. The average Bonchev–Trinajstić information content (AvgIpc) is 2.86. The second kappa shape index (κ2) is 2.67. The number of rotatable bonds is 2. The van der Waals surface area contributed by atoms with Gasteiger partial charge < -0.3 is 5.32 Å². The Morgan fingerprint density at radius 2 is 2.21 bits per heavy atom. The van der Waals surface area contributed by atoms with Gasteiger partial charge in [-0.2, -0.15) is 0 Å². The van der Waals surface area contributed by atoms with Crippen molar-refractivity contribution >= 4 is 11.5 Å². The Kier molecular flexibility index (Phi) is 1.47. The summed E-state index contributed by atoms with van der Waals surface area (Å²) < 4.78 is 1.57. The van der Waals surface area contributed by atoms with E-state index in [1.165, 1.54) is 12.8 Å². The maximum atomic E-state index is 4.31. The van der Waals surface area contributed by atoms with E-state index >= 15 is 0 Å². The van der Waals surface area contributed by atoms with E-state index in [1.54, 1.807) is 4.63 Å². The Balaban J connectivity index is 2.00. The van der Waals surface area contributed by atoms with Crippen molar-refractivity contribution in [3.05, 3.63) is 18.0 Å². The van der Waals surface area contributed by atoms with Crippen molar-refractivity contribution < 1.29 is 0 Å². The Morgan fingerprint density at radius 3 is 3.00 bits per heavy atom. The highest BCUT2D eigenvalue weighted by atomic mass is 15.5. The summed E-state index contributed by atoms with van der Waals surface area (Å²) >= 11 is 0.